The van der Waals surface area contributed by atoms with Crippen LogP contribution in [0.2, 0.25) is 0 Å². The number of aromatic amines is 2. The Morgan fingerprint density at radius 3 is 2.61 bits per heavy atom. The molecular formula is C10H13FN2O5. The maximum atomic E-state index is 13.8. The average Bonchev–Trinajstić information content (AvgIpc) is 2.61. The van der Waals surface area contributed by atoms with Gasteiger partial charge in [0, 0.05) is 5.56 Å². The molecule has 0 amide bonds. The number of aliphatic hydroxyl groups excluding tert-OH is 2. The first-order valence-electron chi connectivity index (χ1n) is 5.37. The summed E-state index contributed by atoms with van der Waals surface area (Å²) in [6.07, 6.45) is -5.67. The van der Waals surface area contributed by atoms with Gasteiger partial charge >= 0.3 is 5.69 Å². The van der Waals surface area contributed by atoms with Gasteiger partial charge in [0.1, 0.15) is 18.3 Å². The molecule has 2 heterocycles. The molecule has 0 saturated carbocycles. The maximum absolute atomic E-state index is 13.8. The van der Waals surface area contributed by atoms with Crippen molar-refractivity contribution in [3.8, 4) is 0 Å². The fourth-order valence-corrected chi connectivity index (χ4v) is 1.96. The Bertz CT molecular complexity index is 554. The molecule has 4 N–H and O–H groups in total. The number of alkyl halides is 1. The fourth-order valence-electron chi connectivity index (χ4n) is 1.96. The zero-order valence-corrected chi connectivity index (χ0v) is 9.51. The summed E-state index contributed by atoms with van der Waals surface area (Å²) in [4.78, 5) is 26.8. The van der Waals surface area contributed by atoms with Crippen LogP contribution in [0.15, 0.2) is 9.59 Å². The third kappa shape index (κ3) is 1.98. The molecule has 0 aromatic carbocycles. The SMILES string of the molecule is Cc1c(C2O[C@@H](CO)[C@H](O)[C@H]2[18F])[nH]c(=O)[nH]c1=O. The Kier molecular flexibility index (Phi) is 3.33. The van der Waals surface area contributed by atoms with Gasteiger partial charge in [-0.2, -0.15) is 0 Å². The van der Waals surface area contributed by atoms with Crippen LogP contribution in [0.1, 0.15) is 17.4 Å². The van der Waals surface area contributed by atoms with E-state index in [1.165, 1.54) is 6.92 Å². The van der Waals surface area contributed by atoms with E-state index in [9.17, 15) is 19.1 Å². The molecule has 8 heteroatoms. The quantitative estimate of drug-likeness (QED) is 0.516. The first-order chi connectivity index (χ1) is 8.45. The number of halogens is 1. The molecule has 1 aromatic heterocycles. The van der Waals surface area contributed by atoms with E-state index in [1.807, 2.05) is 4.98 Å². The Morgan fingerprint density at radius 2 is 2.06 bits per heavy atom. The first-order valence-corrected chi connectivity index (χ1v) is 5.37. The topological polar surface area (TPSA) is 115 Å². The minimum atomic E-state index is -1.82. The van der Waals surface area contributed by atoms with Gasteiger partial charge in [-0.3, -0.25) is 9.78 Å². The fraction of sp³-hybridized carbons (Fsp3) is 0.600. The van der Waals surface area contributed by atoms with Crippen LogP contribution < -0.4 is 11.2 Å². The molecule has 1 unspecified atom stereocenters. The highest BCUT2D eigenvalue weighted by molar-refractivity contribution is 5.20. The first kappa shape index (κ1) is 12.9. The summed E-state index contributed by atoms with van der Waals surface area (Å²) >= 11 is 0. The smallest absolute Gasteiger partial charge is 0.325 e. The highest BCUT2D eigenvalue weighted by atomic mass is 18.2. The summed E-state index contributed by atoms with van der Waals surface area (Å²) in [5, 5.41) is 18.4. The molecule has 0 spiro atoms. The van der Waals surface area contributed by atoms with Gasteiger partial charge in [0.15, 0.2) is 6.17 Å². The Labute approximate surface area is 100 Å². The van der Waals surface area contributed by atoms with E-state index >= 15 is 0 Å². The second-order valence-electron chi connectivity index (χ2n) is 4.16. The van der Waals surface area contributed by atoms with E-state index in [1.54, 1.807) is 0 Å². The number of aliphatic hydroxyl groups is 2. The van der Waals surface area contributed by atoms with Crippen LogP contribution in [-0.4, -0.2) is 45.2 Å². The lowest BCUT2D eigenvalue weighted by Gasteiger charge is -2.14. The van der Waals surface area contributed by atoms with Crippen molar-refractivity contribution in [1.82, 2.24) is 9.97 Å². The molecule has 0 bridgehead atoms. The number of nitrogens with one attached hydrogen (secondary N) is 2. The Balaban J connectivity index is 2.45. The summed E-state index contributed by atoms with van der Waals surface area (Å²) in [6.45, 7) is 0.851. The number of aromatic nitrogens is 2. The van der Waals surface area contributed by atoms with E-state index in [0.717, 1.165) is 0 Å². The van der Waals surface area contributed by atoms with Gasteiger partial charge in [-0.1, -0.05) is 0 Å². The van der Waals surface area contributed by atoms with Crippen LogP contribution in [0.25, 0.3) is 0 Å². The van der Waals surface area contributed by atoms with Gasteiger partial charge in [-0.25, -0.2) is 9.18 Å². The van der Waals surface area contributed by atoms with Gasteiger partial charge in [0.05, 0.1) is 12.3 Å². The number of rotatable bonds is 2. The predicted molar refractivity (Wildman–Crippen MR) is 58.0 cm³/mol. The molecule has 0 aliphatic carbocycles. The highest BCUT2D eigenvalue weighted by Gasteiger charge is 2.45. The molecule has 0 radical (unpaired) electrons. The van der Waals surface area contributed by atoms with Gasteiger partial charge in [-0.15, -0.1) is 0 Å². The van der Waals surface area contributed by atoms with Crippen LogP contribution >= 0.6 is 0 Å². The van der Waals surface area contributed by atoms with Crippen molar-refractivity contribution in [3.05, 3.63) is 32.1 Å². The monoisotopic (exact) mass is 259 g/mol. The molecule has 100 valence electrons. The minimum Gasteiger partial charge on any atom is -0.394 e. The van der Waals surface area contributed by atoms with Crippen molar-refractivity contribution >= 4 is 0 Å². The molecule has 2 rings (SSSR count). The molecule has 18 heavy (non-hydrogen) atoms. The molecule has 1 aliphatic heterocycles. The van der Waals surface area contributed by atoms with Gasteiger partial charge < -0.3 is 19.9 Å². The third-order valence-corrected chi connectivity index (χ3v) is 3.00. The van der Waals surface area contributed by atoms with E-state index in [2.05, 4.69) is 4.98 Å². The lowest BCUT2D eigenvalue weighted by Crippen LogP contribution is -2.31. The van der Waals surface area contributed by atoms with Crippen LogP contribution in [0.4, 0.5) is 4.39 Å². The van der Waals surface area contributed by atoms with Crippen LogP contribution in [0.5, 0.6) is 0 Å². The van der Waals surface area contributed by atoms with Crippen LogP contribution in [0, 0.1) is 6.92 Å². The summed E-state index contributed by atoms with van der Waals surface area (Å²) < 4.78 is 18.9. The molecule has 7 nitrogen and oxygen atoms in total. The lowest BCUT2D eigenvalue weighted by atomic mass is 10.0. The largest absolute Gasteiger partial charge is 0.394 e. The molecular weight excluding hydrogens is 246 g/mol. The number of hydrogen-bond donors (Lipinski definition) is 4. The van der Waals surface area contributed by atoms with E-state index in [-0.39, 0.29) is 11.3 Å². The summed E-state index contributed by atoms with van der Waals surface area (Å²) in [5.74, 6) is 0. The predicted octanol–water partition coefficient (Wildman–Crippen LogP) is -1.50. The van der Waals surface area contributed by atoms with E-state index in [0.29, 0.717) is 0 Å². The summed E-state index contributed by atoms with van der Waals surface area (Å²) in [6, 6.07) is 0. The lowest BCUT2D eigenvalue weighted by molar-refractivity contribution is -0.0239. The van der Waals surface area contributed by atoms with Crippen molar-refractivity contribution in [2.45, 2.75) is 31.4 Å². The molecule has 1 fully saturated rings. The molecule has 1 aromatic rings. The second-order valence-corrected chi connectivity index (χ2v) is 4.16. The second kappa shape index (κ2) is 4.63. The molecule has 4 atom stereocenters. The average molecular weight is 259 g/mol. The zero-order valence-electron chi connectivity index (χ0n) is 9.51. The standard InChI is InChI=1S/C10H13FN2O5/c1-3-6(12-10(17)13-9(3)16)8-5(11)7(15)4(2-14)18-8/h4-5,7-8,14-15H,2H2,1H3,(H2,12,13,16,17)/t4-,5+,7-,8?/m0/s1/i11-1. The highest BCUT2D eigenvalue weighted by Crippen LogP contribution is 2.34. The van der Waals surface area contributed by atoms with E-state index < -0.39 is 42.3 Å². The molecule has 1 saturated heterocycles. The minimum absolute atomic E-state index is 0.0220. The Morgan fingerprint density at radius 1 is 1.39 bits per heavy atom. The van der Waals surface area contributed by atoms with E-state index in [4.69, 9.17) is 9.84 Å². The maximum Gasteiger partial charge on any atom is 0.325 e. The van der Waals surface area contributed by atoms with Crippen molar-refractivity contribution in [3.63, 3.8) is 0 Å². The van der Waals surface area contributed by atoms with Crippen LogP contribution in [0.3, 0.4) is 0 Å². The van der Waals surface area contributed by atoms with Crippen molar-refractivity contribution in [2.24, 2.45) is 0 Å². The van der Waals surface area contributed by atoms with Crippen molar-refractivity contribution in [2.75, 3.05) is 6.61 Å². The van der Waals surface area contributed by atoms with Crippen molar-refractivity contribution < 1.29 is 19.3 Å². The molecule has 1 aliphatic rings. The zero-order chi connectivity index (χ0) is 13.4. The van der Waals surface area contributed by atoms with Crippen molar-refractivity contribution in [1.29, 1.82) is 0 Å². The van der Waals surface area contributed by atoms with Gasteiger partial charge in [0.2, 0.25) is 0 Å². The van der Waals surface area contributed by atoms with Gasteiger partial charge in [-0.05, 0) is 6.92 Å². The number of H-pyrrole nitrogens is 2. The summed E-state index contributed by atoms with van der Waals surface area (Å²) in [5.41, 5.74) is -1.34. The normalized spacial score (nSPS) is 31.8. The Hall–Kier alpha value is -1.51. The third-order valence-electron chi connectivity index (χ3n) is 3.00. The number of hydrogen-bond acceptors (Lipinski definition) is 5. The van der Waals surface area contributed by atoms with Crippen LogP contribution in [-0.2, 0) is 4.74 Å². The number of ether oxygens (including phenoxy) is 1. The summed E-state index contributed by atoms with van der Waals surface area (Å²) in [7, 11) is 0. The van der Waals surface area contributed by atoms with Gasteiger partial charge in [0.25, 0.3) is 5.56 Å².